The highest BCUT2D eigenvalue weighted by molar-refractivity contribution is 5.83. The molecule has 0 saturated carbocycles. The fraction of sp³-hybridized carbons (Fsp3) is 0.500. The Morgan fingerprint density at radius 3 is 1.55 bits per heavy atom. The van der Waals surface area contributed by atoms with Crippen LogP contribution in [0.2, 0.25) is 0 Å². The zero-order valence-electron chi connectivity index (χ0n) is 20.0. The average molecular weight is 540 g/mol. The summed E-state index contributed by atoms with van der Waals surface area (Å²) in [6.07, 6.45) is 4.17. The summed E-state index contributed by atoms with van der Waals surface area (Å²) in [6, 6.07) is 0. The van der Waals surface area contributed by atoms with E-state index in [2.05, 4.69) is 0 Å². The van der Waals surface area contributed by atoms with Gasteiger partial charge in [0, 0.05) is 24.3 Å². The minimum Gasteiger partial charge on any atom is -0.478 e. The number of hydrogen-bond donors (Lipinski definition) is 4. The van der Waals surface area contributed by atoms with E-state index in [4.69, 9.17) is 28.4 Å². The first-order valence-corrected chi connectivity index (χ1v) is 11.5. The average Bonchev–Trinajstić information content (AvgIpc) is 3.68. The van der Waals surface area contributed by atoms with Gasteiger partial charge in [-0.05, 0) is 24.3 Å². The molecule has 3 aliphatic heterocycles. The van der Waals surface area contributed by atoms with Crippen molar-refractivity contribution in [2.45, 2.75) is 35.6 Å². The van der Waals surface area contributed by atoms with Gasteiger partial charge >= 0.3 is 23.9 Å². The summed E-state index contributed by atoms with van der Waals surface area (Å²) in [4.78, 5) is 46.3. The van der Waals surface area contributed by atoms with Crippen LogP contribution in [0.4, 0.5) is 0 Å². The van der Waals surface area contributed by atoms with Gasteiger partial charge in [0.05, 0.1) is 39.6 Å². The van der Waals surface area contributed by atoms with Crippen molar-refractivity contribution in [1.82, 2.24) is 0 Å². The predicted molar refractivity (Wildman–Crippen MR) is 123 cm³/mol. The first-order valence-electron chi connectivity index (χ1n) is 11.5. The SMILES string of the molecule is O=C(O)C=CC(OCC1CO1)C(C=CC(=O)O)(OCC1CO1)C(C=CC(=O)O)(C=CC(=O)O)OCC1CO1. The quantitative estimate of drug-likeness (QED) is 0.122. The second-order valence-electron chi connectivity index (χ2n) is 8.54. The predicted octanol–water partition coefficient (Wildman–Crippen LogP) is -0.358. The largest absolute Gasteiger partial charge is 0.478 e. The molecule has 5 atom stereocenters. The van der Waals surface area contributed by atoms with Gasteiger partial charge in [-0.3, -0.25) is 0 Å². The second-order valence-corrected chi connectivity index (χ2v) is 8.54. The Balaban J connectivity index is 2.26. The number of epoxide rings is 3. The van der Waals surface area contributed by atoms with Crippen molar-refractivity contribution >= 4 is 23.9 Å². The second kappa shape index (κ2) is 12.9. The third kappa shape index (κ3) is 8.86. The number of carbonyl (C=O) groups is 4. The Morgan fingerprint density at radius 2 is 1.11 bits per heavy atom. The Kier molecular flexibility index (Phi) is 9.90. The molecule has 0 aromatic rings. The van der Waals surface area contributed by atoms with E-state index in [0.717, 1.165) is 30.4 Å². The van der Waals surface area contributed by atoms with Crippen LogP contribution in [0.5, 0.6) is 0 Å². The number of aliphatic carboxylic acids is 4. The number of rotatable bonds is 19. The lowest BCUT2D eigenvalue weighted by Crippen LogP contribution is -2.62. The molecule has 3 fully saturated rings. The van der Waals surface area contributed by atoms with Gasteiger partial charge in [-0.2, -0.15) is 0 Å². The van der Waals surface area contributed by atoms with Crippen molar-refractivity contribution in [3.05, 3.63) is 48.6 Å². The molecule has 0 amide bonds. The van der Waals surface area contributed by atoms with E-state index in [-0.39, 0.29) is 25.9 Å². The highest BCUT2D eigenvalue weighted by Gasteiger charge is 2.56. The molecule has 3 aliphatic rings. The molecule has 38 heavy (non-hydrogen) atoms. The number of ether oxygens (including phenoxy) is 6. The van der Waals surface area contributed by atoms with Crippen LogP contribution in [0.3, 0.4) is 0 Å². The fourth-order valence-corrected chi connectivity index (χ4v) is 3.46. The van der Waals surface area contributed by atoms with Crippen LogP contribution in [-0.2, 0) is 47.6 Å². The fourth-order valence-electron chi connectivity index (χ4n) is 3.46. The molecule has 0 aromatic carbocycles. The van der Waals surface area contributed by atoms with Gasteiger partial charge in [0.15, 0.2) is 5.60 Å². The Labute approximate surface area is 216 Å². The van der Waals surface area contributed by atoms with E-state index in [1.54, 1.807) is 0 Å². The highest BCUT2D eigenvalue weighted by atomic mass is 16.6. The topological polar surface area (TPSA) is 214 Å². The lowest BCUT2D eigenvalue weighted by atomic mass is 9.76. The van der Waals surface area contributed by atoms with Gasteiger partial charge in [-0.1, -0.05) is 0 Å². The minimum atomic E-state index is -2.18. The van der Waals surface area contributed by atoms with Crippen molar-refractivity contribution in [2.24, 2.45) is 0 Å². The van der Waals surface area contributed by atoms with Gasteiger partial charge in [-0.25, -0.2) is 19.2 Å². The first kappa shape index (κ1) is 29.2. The van der Waals surface area contributed by atoms with Crippen LogP contribution in [0.25, 0.3) is 0 Å². The molecule has 14 heteroatoms. The van der Waals surface area contributed by atoms with E-state index in [1.807, 2.05) is 0 Å². The maximum Gasteiger partial charge on any atom is 0.328 e. The first-order chi connectivity index (χ1) is 18.0. The Hall–Kier alpha value is -3.40. The summed E-state index contributed by atoms with van der Waals surface area (Å²) < 4.78 is 33.8. The molecule has 3 heterocycles. The molecule has 3 rings (SSSR count). The lowest BCUT2D eigenvalue weighted by molar-refractivity contribution is -0.191. The maximum atomic E-state index is 11.7. The molecule has 208 valence electrons. The van der Waals surface area contributed by atoms with Crippen LogP contribution in [0.15, 0.2) is 48.6 Å². The highest BCUT2D eigenvalue weighted by Crippen LogP contribution is 2.42. The van der Waals surface area contributed by atoms with E-state index < -0.39 is 53.4 Å². The van der Waals surface area contributed by atoms with Crippen LogP contribution in [0.1, 0.15) is 0 Å². The van der Waals surface area contributed by atoms with E-state index in [1.165, 1.54) is 0 Å². The monoisotopic (exact) mass is 540 g/mol. The third-order valence-electron chi connectivity index (χ3n) is 5.55. The molecule has 5 unspecified atom stereocenters. The summed E-state index contributed by atoms with van der Waals surface area (Å²) in [6.45, 7) is 0.549. The molecule has 3 saturated heterocycles. The Morgan fingerprint density at radius 1 is 0.684 bits per heavy atom. The Bertz CT molecular complexity index is 978. The minimum absolute atomic E-state index is 0.0757. The zero-order chi connectivity index (χ0) is 27.8. The standard InChI is InChI=1S/C24H28O14/c25-19(26)2-1-18(36-12-15-9-33-15)24(8-5-22(31)32,38-14-17-11-35-17)23(6-3-20(27)28,7-4-21(29)30)37-13-16-10-34-16/h1-8,15-18H,9-14H2,(H,25,26)(H,27,28)(H,29,30)(H,31,32). The molecule has 0 radical (unpaired) electrons. The molecular weight excluding hydrogens is 512 g/mol. The number of hydrogen-bond acceptors (Lipinski definition) is 10. The summed E-state index contributed by atoms with van der Waals surface area (Å²) in [5, 5.41) is 37.7. The zero-order valence-corrected chi connectivity index (χ0v) is 20.0. The molecule has 14 nitrogen and oxygen atoms in total. The van der Waals surface area contributed by atoms with Gasteiger partial charge in [0.1, 0.15) is 30.0 Å². The summed E-state index contributed by atoms with van der Waals surface area (Å²) in [7, 11) is 0. The van der Waals surface area contributed by atoms with Crippen LogP contribution < -0.4 is 0 Å². The summed E-state index contributed by atoms with van der Waals surface area (Å²) >= 11 is 0. The van der Waals surface area contributed by atoms with Gasteiger partial charge in [-0.15, -0.1) is 0 Å². The van der Waals surface area contributed by atoms with Crippen molar-refractivity contribution < 1.29 is 68.0 Å². The van der Waals surface area contributed by atoms with Crippen LogP contribution in [-0.4, -0.2) is 120 Å². The number of carboxylic acids is 4. The molecule has 0 bridgehead atoms. The number of carboxylic acid groups (broad SMARTS) is 4. The van der Waals surface area contributed by atoms with Gasteiger partial charge < -0.3 is 48.8 Å². The summed E-state index contributed by atoms with van der Waals surface area (Å²) in [5.74, 6) is -5.68. The molecule has 0 spiro atoms. The van der Waals surface area contributed by atoms with Crippen LogP contribution in [0, 0.1) is 0 Å². The van der Waals surface area contributed by atoms with Gasteiger partial charge in [0.2, 0.25) is 0 Å². The molecule has 0 aliphatic carbocycles. The third-order valence-corrected chi connectivity index (χ3v) is 5.55. The normalized spacial score (nSPS) is 26.4. The molecule has 0 aromatic heterocycles. The maximum absolute atomic E-state index is 11.7. The van der Waals surface area contributed by atoms with E-state index >= 15 is 0 Å². The van der Waals surface area contributed by atoms with Crippen LogP contribution >= 0.6 is 0 Å². The molecule has 4 N–H and O–H groups in total. The van der Waals surface area contributed by atoms with Gasteiger partial charge in [0.25, 0.3) is 0 Å². The van der Waals surface area contributed by atoms with Crippen molar-refractivity contribution in [2.75, 3.05) is 39.6 Å². The van der Waals surface area contributed by atoms with E-state index in [9.17, 15) is 39.6 Å². The van der Waals surface area contributed by atoms with Crippen molar-refractivity contribution in [3.8, 4) is 0 Å². The van der Waals surface area contributed by atoms with Crippen molar-refractivity contribution in [1.29, 1.82) is 0 Å². The van der Waals surface area contributed by atoms with E-state index in [0.29, 0.717) is 38.0 Å². The lowest BCUT2D eigenvalue weighted by Gasteiger charge is -2.48. The molecular formula is C24H28O14. The summed E-state index contributed by atoms with van der Waals surface area (Å²) in [5.41, 5.74) is -4.35. The van der Waals surface area contributed by atoms with Crippen molar-refractivity contribution in [3.63, 3.8) is 0 Å². The smallest absolute Gasteiger partial charge is 0.328 e.